The number of amides is 3. The molecule has 4 rings (SSSR count). The highest BCUT2D eigenvalue weighted by Crippen LogP contribution is 2.23. The maximum atomic E-state index is 13.8. The smallest absolute Gasteiger partial charge is 0.414 e. The molecule has 0 bridgehead atoms. The molecule has 1 aromatic heterocycles. The van der Waals surface area contributed by atoms with Crippen molar-refractivity contribution in [2.24, 2.45) is 5.73 Å². The van der Waals surface area contributed by atoms with Crippen LogP contribution in [0.15, 0.2) is 91.1 Å². The van der Waals surface area contributed by atoms with Gasteiger partial charge in [-0.3, -0.25) is 9.59 Å². The van der Waals surface area contributed by atoms with E-state index in [4.69, 9.17) is 38.4 Å². The molecular formula is C34H35Cl2N5O5. The van der Waals surface area contributed by atoms with Crippen LogP contribution >= 0.6 is 23.2 Å². The Morgan fingerprint density at radius 2 is 1.43 bits per heavy atom. The lowest BCUT2D eigenvalue weighted by atomic mass is 10.0. The van der Waals surface area contributed by atoms with Gasteiger partial charge >= 0.3 is 6.09 Å². The Balaban J connectivity index is 1.54. The standard InChI is InChI=1S/C34H35Cl2N5O5/c1-2-45-26-13-10-22(11-14-26)18-30(41-34(44)46-31-5-3-4-16-38-31)33(43)40-29(19-25-12-15-27(35)28(36)17-25)32(42)39-21-24-8-6-23(20-37)7-9-24/h3-17,29-30H,2,18-21,37H2,1H3,(H,39,42)(H,40,43)(H,41,44)/t29-,30+/m0/s1. The van der Waals surface area contributed by atoms with Crippen LogP contribution in [0.2, 0.25) is 10.0 Å². The van der Waals surface area contributed by atoms with Crippen LogP contribution in [-0.4, -0.2) is 41.6 Å². The fourth-order valence-electron chi connectivity index (χ4n) is 4.50. The molecule has 1 heterocycles. The summed E-state index contributed by atoms with van der Waals surface area (Å²) in [6, 6.07) is 22.4. The summed E-state index contributed by atoms with van der Waals surface area (Å²) < 4.78 is 10.8. The van der Waals surface area contributed by atoms with Crippen molar-refractivity contribution < 1.29 is 23.9 Å². The molecule has 3 amide bonds. The predicted molar refractivity (Wildman–Crippen MR) is 177 cm³/mol. The fourth-order valence-corrected chi connectivity index (χ4v) is 4.82. The lowest BCUT2D eigenvalue weighted by Gasteiger charge is -2.23. The Morgan fingerprint density at radius 1 is 0.783 bits per heavy atom. The second-order valence-electron chi connectivity index (χ2n) is 10.3. The van der Waals surface area contributed by atoms with Crippen molar-refractivity contribution in [2.45, 2.75) is 44.9 Å². The molecule has 0 aliphatic rings. The highest BCUT2D eigenvalue weighted by atomic mass is 35.5. The largest absolute Gasteiger partial charge is 0.494 e. The molecule has 0 fully saturated rings. The molecule has 0 unspecified atom stereocenters. The first kappa shape index (κ1) is 34.2. The van der Waals surface area contributed by atoms with Crippen LogP contribution in [0.25, 0.3) is 0 Å². The van der Waals surface area contributed by atoms with E-state index in [1.807, 2.05) is 31.2 Å². The first-order valence-corrected chi connectivity index (χ1v) is 15.4. The lowest BCUT2D eigenvalue weighted by molar-refractivity contribution is -0.130. The number of halogens is 2. The van der Waals surface area contributed by atoms with E-state index in [-0.39, 0.29) is 25.3 Å². The van der Waals surface area contributed by atoms with Gasteiger partial charge in [-0.05, 0) is 59.5 Å². The number of hydrogen-bond acceptors (Lipinski definition) is 7. The number of benzene rings is 3. The van der Waals surface area contributed by atoms with Gasteiger partial charge in [0, 0.05) is 38.2 Å². The van der Waals surface area contributed by atoms with E-state index in [0.717, 1.165) is 16.7 Å². The molecule has 0 aliphatic heterocycles. The number of hydrogen-bond donors (Lipinski definition) is 4. The Bertz CT molecular complexity index is 1610. The maximum absolute atomic E-state index is 13.8. The normalized spacial score (nSPS) is 12.0. The third-order valence-corrected chi connectivity index (χ3v) is 7.64. The molecule has 0 spiro atoms. The van der Waals surface area contributed by atoms with Gasteiger partial charge in [-0.15, -0.1) is 0 Å². The van der Waals surface area contributed by atoms with E-state index >= 15 is 0 Å². The topological polar surface area (TPSA) is 145 Å². The highest BCUT2D eigenvalue weighted by Gasteiger charge is 2.28. The number of aromatic nitrogens is 1. The van der Waals surface area contributed by atoms with Crippen molar-refractivity contribution in [2.75, 3.05) is 6.61 Å². The Morgan fingerprint density at radius 3 is 2.09 bits per heavy atom. The van der Waals surface area contributed by atoms with Crippen molar-refractivity contribution >= 4 is 41.1 Å². The van der Waals surface area contributed by atoms with Crippen molar-refractivity contribution in [3.05, 3.63) is 123 Å². The van der Waals surface area contributed by atoms with Gasteiger partial charge in [-0.1, -0.05) is 71.7 Å². The van der Waals surface area contributed by atoms with Crippen LogP contribution in [0.1, 0.15) is 29.2 Å². The summed E-state index contributed by atoms with van der Waals surface area (Å²) in [6.45, 7) is 3.02. The molecule has 240 valence electrons. The number of carbonyl (C=O) groups is 3. The highest BCUT2D eigenvalue weighted by molar-refractivity contribution is 6.42. The molecule has 10 nitrogen and oxygen atoms in total. The van der Waals surface area contributed by atoms with Crippen LogP contribution in [0.3, 0.4) is 0 Å². The maximum Gasteiger partial charge on any atom is 0.414 e. The van der Waals surface area contributed by atoms with Crippen molar-refractivity contribution in [3.8, 4) is 11.6 Å². The molecule has 5 N–H and O–H groups in total. The molecule has 0 saturated carbocycles. The van der Waals surface area contributed by atoms with Gasteiger partial charge < -0.3 is 31.2 Å². The quantitative estimate of drug-likeness (QED) is 0.149. The first-order valence-electron chi connectivity index (χ1n) is 14.6. The van der Waals surface area contributed by atoms with Gasteiger partial charge in [-0.25, -0.2) is 9.78 Å². The predicted octanol–water partition coefficient (Wildman–Crippen LogP) is 4.99. The summed E-state index contributed by atoms with van der Waals surface area (Å²) in [5.74, 6) is -0.292. The summed E-state index contributed by atoms with van der Waals surface area (Å²) in [5, 5.41) is 9.01. The number of nitrogens with two attached hydrogens (primary N) is 1. The molecule has 0 radical (unpaired) electrons. The average molecular weight is 665 g/mol. The van der Waals surface area contributed by atoms with Gasteiger partial charge in [0.1, 0.15) is 17.8 Å². The van der Waals surface area contributed by atoms with Gasteiger partial charge in [0.2, 0.25) is 17.7 Å². The van der Waals surface area contributed by atoms with Crippen molar-refractivity contribution in [3.63, 3.8) is 0 Å². The SMILES string of the molecule is CCOc1ccc(C[C@@H](NC(=O)Oc2ccccn2)C(=O)N[C@@H](Cc2ccc(Cl)c(Cl)c2)C(=O)NCc2ccc(CN)cc2)cc1. The zero-order chi connectivity index (χ0) is 32.9. The minimum absolute atomic E-state index is 0.0663. The van der Waals surface area contributed by atoms with E-state index < -0.39 is 30.0 Å². The van der Waals surface area contributed by atoms with Crippen LogP contribution in [-0.2, 0) is 35.5 Å². The molecule has 0 aliphatic carbocycles. The van der Waals surface area contributed by atoms with Crippen molar-refractivity contribution in [1.82, 2.24) is 20.9 Å². The second kappa shape index (κ2) is 17.2. The van der Waals surface area contributed by atoms with E-state index in [2.05, 4.69) is 20.9 Å². The van der Waals surface area contributed by atoms with E-state index in [1.165, 1.54) is 12.3 Å². The van der Waals surface area contributed by atoms with E-state index in [0.29, 0.717) is 34.5 Å². The zero-order valence-corrected chi connectivity index (χ0v) is 26.7. The number of rotatable bonds is 14. The number of nitrogens with zero attached hydrogens (tertiary/aromatic N) is 1. The van der Waals surface area contributed by atoms with E-state index in [9.17, 15) is 14.4 Å². The first-order chi connectivity index (χ1) is 22.2. The monoisotopic (exact) mass is 663 g/mol. The van der Waals surface area contributed by atoms with Crippen LogP contribution < -0.4 is 31.2 Å². The molecule has 4 aromatic rings. The number of nitrogens with one attached hydrogen (secondary N) is 3. The third kappa shape index (κ3) is 10.5. The molecule has 2 atom stereocenters. The van der Waals surface area contributed by atoms with Crippen LogP contribution in [0.4, 0.5) is 4.79 Å². The average Bonchev–Trinajstić information content (AvgIpc) is 3.06. The minimum Gasteiger partial charge on any atom is -0.494 e. The second-order valence-corrected chi connectivity index (χ2v) is 11.1. The van der Waals surface area contributed by atoms with Gasteiger partial charge in [0.15, 0.2) is 0 Å². The fraction of sp³-hybridized carbons (Fsp3) is 0.235. The molecule has 3 aromatic carbocycles. The summed E-state index contributed by atoms with van der Waals surface area (Å²) in [4.78, 5) is 44.2. The summed E-state index contributed by atoms with van der Waals surface area (Å²) in [6.07, 6.45) is 0.806. The number of carbonyl (C=O) groups excluding carboxylic acids is 3. The van der Waals surface area contributed by atoms with Gasteiger partial charge in [0.05, 0.1) is 16.7 Å². The molecular weight excluding hydrogens is 629 g/mol. The molecule has 12 heteroatoms. The van der Waals surface area contributed by atoms with Crippen LogP contribution in [0.5, 0.6) is 11.6 Å². The molecule has 0 saturated heterocycles. The molecule has 46 heavy (non-hydrogen) atoms. The Labute approximate surface area is 277 Å². The zero-order valence-electron chi connectivity index (χ0n) is 25.2. The minimum atomic E-state index is -1.11. The van der Waals surface area contributed by atoms with Crippen LogP contribution in [0, 0.1) is 0 Å². The Kier molecular flexibility index (Phi) is 12.8. The lowest BCUT2D eigenvalue weighted by Crippen LogP contribution is -2.55. The van der Waals surface area contributed by atoms with Crippen molar-refractivity contribution in [1.29, 1.82) is 0 Å². The van der Waals surface area contributed by atoms with E-state index in [1.54, 1.807) is 54.6 Å². The van der Waals surface area contributed by atoms with Gasteiger partial charge in [0.25, 0.3) is 0 Å². The summed E-state index contributed by atoms with van der Waals surface area (Å²) in [7, 11) is 0. The number of pyridine rings is 1. The number of ether oxygens (including phenoxy) is 2. The summed E-state index contributed by atoms with van der Waals surface area (Å²) in [5.41, 5.74) is 8.93. The summed E-state index contributed by atoms with van der Waals surface area (Å²) >= 11 is 12.3. The third-order valence-electron chi connectivity index (χ3n) is 6.90. The van der Waals surface area contributed by atoms with Gasteiger partial charge in [-0.2, -0.15) is 0 Å². The Hall–Kier alpha value is -4.64.